The summed E-state index contributed by atoms with van der Waals surface area (Å²) in [4.78, 5) is 3.05. The van der Waals surface area contributed by atoms with Crippen LogP contribution in [0.15, 0.2) is 0 Å². The molecule has 1 aromatic rings. The number of H-pyrrole nitrogens is 1. The Bertz CT molecular complexity index is 280. The molecule has 0 fully saturated rings. The maximum Gasteiger partial charge on any atom is 0.0450 e. The first-order valence-electron chi connectivity index (χ1n) is 2.65. The van der Waals surface area contributed by atoms with E-state index in [-0.39, 0.29) is 0 Å². The van der Waals surface area contributed by atoms with Gasteiger partial charge in [0.15, 0.2) is 0 Å². The van der Waals surface area contributed by atoms with Crippen molar-refractivity contribution in [2.24, 2.45) is 0 Å². The SMILES string of the molecule is C=c1[nH]c(=C)c(I)c1C. The van der Waals surface area contributed by atoms with Crippen LogP contribution in [0.5, 0.6) is 0 Å². The quantitative estimate of drug-likeness (QED) is 0.636. The Labute approximate surface area is 67.6 Å². The van der Waals surface area contributed by atoms with Gasteiger partial charge in [0.1, 0.15) is 0 Å². The van der Waals surface area contributed by atoms with Crippen LogP contribution in [0.25, 0.3) is 13.2 Å². The van der Waals surface area contributed by atoms with Gasteiger partial charge in [0.25, 0.3) is 0 Å². The average Bonchev–Trinajstić information content (AvgIpc) is 1.98. The van der Waals surface area contributed by atoms with Crippen LogP contribution < -0.4 is 10.7 Å². The molecule has 0 radical (unpaired) electrons. The van der Waals surface area contributed by atoms with Crippen molar-refractivity contribution in [1.82, 2.24) is 4.98 Å². The maximum atomic E-state index is 3.80. The minimum atomic E-state index is 0.970. The van der Waals surface area contributed by atoms with Gasteiger partial charge in [-0.05, 0) is 35.1 Å². The summed E-state index contributed by atoms with van der Waals surface area (Å²) in [6.07, 6.45) is 0. The molecule has 0 unspecified atom stereocenters. The predicted octanol–water partition coefficient (Wildman–Crippen LogP) is 0.748. The molecular formula is C7H8IN. The zero-order valence-electron chi connectivity index (χ0n) is 5.29. The number of aromatic nitrogens is 1. The Kier molecular flexibility index (Phi) is 1.66. The van der Waals surface area contributed by atoms with Gasteiger partial charge in [0.05, 0.1) is 0 Å². The molecule has 0 bridgehead atoms. The minimum absolute atomic E-state index is 0.970. The highest BCUT2D eigenvalue weighted by atomic mass is 127. The van der Waals surface area contributed by atoms with Crippen molar-refractivity contribution in [1.29, 1.82) is 0 Å². The molecular weight excluding hydrogens is 225 g/mol. The van der Waals surface area contributed by atoms with E-state index in [0.717, 1.165) is 10.7 Å². The van der Waals surface area contributed by atoms with E-state index in [4.69, 9.17) is 0 Å². The Hall–Kier alpha value is -0.250. The van der Waals surface area contributed by atoms with Gasteiger partial charge in [-0.15, -0.1) is 0 Å². The molecule has 2 heteroatoms. The van der Waals surface area contributed by atoms with Gasteiger partial charge in [-0.25, -0.2) is 0 Å². The van der Waals surface area contributed by atoms with Crippen LogP contribution >= 0.6 is 22.6 Å². The first-order chi connectivity index (χ1) is 4.13. The third kappa shape index (κ3) is 1.03. The topological polar surface area (TPSA) is 15.8 Å². The van der Waals surface area contributed by atoms with Crippen LogP contribution in [-0.2, 0) is 0 Å². The van der Waals surface area contributed by atoms with Crippen molar-refractivity contribution in [3.63, 3.8) is 0 Å². The summed E-state index contributed by atoms with van der Waals surface area (Å²) in [6, 6.07) is 0. The second-order valence-corrected chi connectivity index (χ2v) is 3.10. The Morgan fingerprint density at radius 2 is 1.89 bits per heavy atom. The van der Waals surface area contributed by atoms with Gasteiger partial charge in [0.2, 0.25) is 0 Å². The maximum absolute atomic E-state index is 3.80. The summed E-state index contributed by atoms with van der Waals surface area (Å²) in [5, 5.41) is 1.95. The van der Waals surface area contributed by atoms with Crippen molar-refractivity contribution in [3.8, 4) is 0 Å². The van der Waals surface area contributed by atoms with Crippen molar-refractivity contribution >= 4 is 35.7 Å². The standard InChI is InChI=1S/C7H8IN/c1-4-5(2)9-6(3)7(4)8/h9H,2-3H2,1H3. The molecule has 1 nitrogen and oxygen atoms in total. The number of aromatic amines is 1. The zero-order chi connectivity index (χ0) is 7.02. The highest BCUT2D eigenvalue weighted by molar-refractivity contribution is 14.1. The molecule has 1 heterocycles. The van der Waals surface area contributed by atoms with Gasteiger partial charge < -0.3 is 4.98 Å². The lowest BCUT2D eigenvalue weighted by Gasteiger charge is -1.80. The smallest absolute Gasteiger partial charge is 0.0450 e. The lowest BCUT2D eigenvalue weighted by atomic mass is 10.3. The zero-order valence-corrected chi connectivity index (χ0v) is 7.45. The van der Waals surface area contributed by atoms with Crippen LogP contribution in [-0.4, -0.2) is 4.98 Å². The van der Waals surface area contributed by atoms with Crippen LogP contribution in [0, 0.1) is 10.5 Å². The van der Waals surface area contributed by atoms with Crippen LogP contribution in [0.4, 0.5) is 0 Å². The largest absolute Gasteiger partial charge is 0.355 e. The third-order valence-electron chi connectivity index (χ3n) is 1.35. The van der Waals surface area contributed by atoms with E-state index in [2.05, 4.69) is 40.7 Å². The molecule has 1 rings (SSSR count). The Balaban J connectivity index is 3.67. The summed E-state index contributed by atoms with van der Waals surface area (Å²) in [7, 11) is 0. The van der Waals surface area contributed by atoms with Gasteiger partial charge in [-0.1, -0.05) is 13.2 Å². The second-order valence-electron chi connectivity index (χ2n) is 2.02. The Morgan fingerprint density at radius 1 is 1.33 bits per heavy atom. The molecule has 1 N–H and O–H groups in total. The molecule has 1 aromatic heterocycles. The van der Waals surface area contributed by atoms with E-state index in [9.17, 15) is 0 Å². The van der Waals surface area contributed by atoms with E-state index >= 15 is 0 Å². The monoisotopic (exact) mass is 233 g/mol. The van der Waals surface area contributed by atoms with Gasteiger partial charge in [-0.2, -0.15) is 0 Å². The highest BCUT2D eigenvalue weighted by Gasteiger charge is 1.95. The van der Waals surface area contributed by atoms with E-state index < -0.39 is 0 Å². The Morgan fingerprint density at radius 3 is 2.00 bits per heavy atom. The molecule has 0 saturated heterocycles. The molecule has 0 atom stereocenters. The average molecular weight is 233 g/mol. The molecule has 0 aromatic carbocycles. The minimum Gasteiger partial charge on any atom is -0.355 e. The molecule has 0 aliphatic heterocycles. The van der Waals surface area contributed by atoms with Crippen LogP contribution in [0.2, 0.25) is 0 Å². The molecule has 0 aliphatic carbocycles. The molecule has 0 saturated carbocycles. The fraction of sp³-hybridized carbons (Fsp3) is 0.143. The van der Waals surface area contributed by atoms with E-state index in [1.807, 2.05) is 6.92 Å². The number of rotatable bonds is 0. The first-order valence-corrected chi connectivity index (χ1v) is 3.72. The van der Waals surface area contributed by atoms with Crippen molar-refractivity contribution in [3.05, 3.63) is 19.8 Å². The lowest BCUT2D eigenvalue weighted by Crippen LogP contribution is -2.06. The van der Waals surface area contributed by atoms with Crippen molar-refractivity contribution in [2.75, 3.05) is 0 Å². The third-order valence-corrected chi connectivity index (χ3v) is 2.81. The van der Waals surface area contributed by atoms with E-state index in [1.165, 1.54) is 9.13 Å². The van der Waals surface area contributed by atoms with Crippen LogP contribution in [0.1, 0.15) is 5.56 Å². The molecule has 48 valence electrons. The van der Waals surface area contributed by atoms with Crippen LogP contribution in [0.3, 0.4) is 0 Å². The van der Waals surface area contributed by atoms with Crippen molar-refractivity contribution < 1.29 is 0 Å². The lowest BCUT2D eigenvalue weighted by molar-refractivity contribution is 1.26. The fourth-order valence-electron chi connectivity index (χ4n) is 0.690. The summed E-state index contributed by atoms with van der Waals surface area (Å²) in [6.45, 7) is 9.64. The normalized spacial score (nSPS) is 10.0. The van der Waals surface area contributed by atoms with Crippen molar-refractivity contribution in [2.45, 2.75) is 6.92 Å². The summed E-state index contributed by atoms with van der Waals surface area (Å²) < 4.78 is 1.19. The van der Waals surface area contributed by atoms with E-state index in [1.54, 1.807) is 0 Å². The number of hydrogen-bond donors (Lipinski definition) is 1. The predicted molar refractivity (Wildman–Crippen MR) is 48.5 cm³/mol. The van der Waals surface area contributed by atoms with Gasteiger partial charge >= 0.3 is 0 Å². The molecule has 9 heavy (non-hydrogen) atoms. The number of hydrogen-bond acceptors (Lipinski definition) is 0. The summed E-state index contributed by atoms with van der Waals surface area (Å²) in [5.41, 5.74) is 1.21. The number of nitrogens with one attached hydrogen (secondary N) is 1. The summed E-state index contributed by atoms with van der Waals surface area (Å²) >= 11 is 2.26. The van der Waals surface area contributed by atoms with Gasteiger partial charge in [0, 0.05) is 14.3 Å². The fourth-order valence-corrected chi connectivity index (χ4v) is 1.15. The van der Waals surface area contributed by atoms with E-state index in [0.29, 0.717) is 0 Å². The number of halogens is 1. The van der Waals surface area contributed by atoms with Gasteiger partial charge in [-0.3, -0.25) is 0 Å². The molecule has 0 aliphatic rings. The highest BCUT2D eigenvalue weighted by Crippen LogP contribution is 1.97. The second kappa shape index (κ2) is 2.17. The first kappa shape index (κ1) is 6.86. The molecule has 0 spiro atoms. The molecule has 0 amide bonds. The summed E-state index contributed by atoms with van der Waals surface area (Å²) in [5.74, 6) is 0.